The van der Waals surface area contributed by atoms with Gasteiger partial charge in [-0.1, -0.05) is 23.8 Å². The van der Waals surface area contributed by atoms with E-state index in [0.717, 1.165) is 42.5 Å². The van der Waals surface area contributed by atoms with E-state index in [1.54, 1.807) is 0 Å². The molecule has 7 nitrogen and oxygen atoms in total. The lowest BCUT2D eigenvalue weighted by Crippen LogP contribution is -2.55. The number of amides is 1. The Kier molecular flexibility index (Phi) is 4.12. The lowest BCUT2D eigenvalue weighted by atomic mass is 9.84. The molecule has 1 saturated heterocycles. The molecule has 1 aliphatic carbocycles. The van der Waals surface area contributed by atoms with Crippen LogP contribution >= 0.6 is 0 Å². The Bertz CT molecular complexity index is 916. The van der Waals surface area contributed by atoms with Crippen molar-refractivity contribution >= 4 is 23.1 Å². The van der Waals surface area contributed by atoms with E-state index in [2.05, 4.69) is 58.4 Å². The Morgan fingerprint density at radius 2 is 2.18 bits per heavy atom. The largest absolute Gasteiger partial charge is 0.483 e. The van der Waals surface area contributed by atoms with Crippen LogP contribution in [0, 0.1) is 0 Å². The molecule has 0 saturated carbocycles. The Balaban J connectivity index is 1.60. The highest BCUT2D eigenvalue weighted by molar-refractivity contribution is 6.09. The van der Waals surface area contributed by atoms with Crippen molar-refractivity contribution in [3.8, 4) is 5.75 Å². The van der Waals surface area contributed by atoms with Crippen LogP contribution in [0.1, 0.15) is 31.7 Å². The van der Waals surface area contributed by atoms with E-state index in [9.17, 15) is 4.79 Å². The third-order valence-corrected chi connectivity index (χ3v) is 6.02. The summed E-state index contributed by atoms with van der Waals surface area (Å²) in [4.78, 5) is 14.2. The van der Waals surface area contributed by atoms with Crippen molar-refractivity contribution in [3.63, 3.8) is 0 Å². The lowest BCUT2D eigenvalue weighted by molar-refractivity contribution is -0.122. The van der Waals surface area contributed by atoms with Gasteiger partial charge in [-0.15, -0.1) is 0 Å². The number of nitrogens with zero attached hydrogens (tertiary/aromatic N) is 2. The maximum atomic E-state index is 12.2. The molecule has 0 spiro atoms. The second-order valence-electron chi connectivity index (χ2n) is 7.87. The van der Waals surface area contributed by atoms with Gasteiger partial charge in [-0.3, -0.25) is 4.79 Å². The summed E-state index contributed by atoms with van der Waals surface area (Å²) in [5.74, 6) is 1.77. The predicted molar refractivity (Wildman–Crippen MR) is 110 cm³/mol. The van der Waals surface area contributed by atoms with E-state index in [1.165, 1.54) is 11.1 Å². The monoisotopic (exact) mass is 379 g/mol. The van der Waals surface area contributed by atoms with Crippen LogP contribution in [0.15, 0.2) is 41.0 Å². The molecular formula is C21H25N5O2. The van der Waals surface area contributed by atoms with E-state index >= 15 is 0 Å². The molecule has 1 fully saturated rings. The molecule has 3 heterocycles. The number of nitrogens with one attached hydrogen (secondary N) is 3. The number of ether oxygens (including phenoxy) is 1. The maximum absolute atomic E-state index is 12.2. The van der Waals surface area contributed by atoms with Crippen LogP contribution in [0.3, 0.4) is 0 Å². The Hall–Kier alpha value is -2.80. The van der Waals surface area contributed by atoms with Gasteiger partial charge >= 0.3 is 0 Å². The van der Waals surface area contributed by atoms with Crippen molar-refractivity contribution < 1.29 is 9.53 Å². The average Bonchev–Trinajstić information content (AvgIpc) is 2.67. The van der Waals surface area contributed by atoms with Crippen molar-refractivity contribution in [2.24, 2.45) is 5.10 Å². The molecule has 2 atom stereocenters. The first-order chi connectivity index (χ1) is 13.6. The van der Waals surface area contributed by atoms with Crippen molar-refractivity contribution in [2.45, 2.75) is 38.3 Å². The summed E-state index contributed by atoms with van der Waals surface area (Å²) in [6.45, 7) is 6.36. The van der Waals surface area contributed by atoms with Crippen LogP contribution in [0.5, 0.6) is 5.75 Å². The van der Waals surface area contributed by atoms with Crippen LogP contribution in [0.2, 0.25) is 0 Å². The predicted octanol–water partition coefficient (Wildman–Crippen LogP) is 2.09. The zero-order chi connectivity index (χ0) is 19.3. The van der Waals surface area contributed by atoms with Gasteiger partial charge in [0.25, 0.3) is 5.91 Å². The van der Waals surface area contributed by atoms with Gasteiger partial charge in [0.2, 0.25) is 0 Å². The van der Waals surface area contributed by atoms with E-state index < -0.39 is 0 Å². The number of hydrogen-bond donors (Lipinski definition) is 3. The Morgan fingerprint density at radius 3 is 2.93 bits per heavy atom. The fraction of sp³-hybridized carbons (Fsp3) is 0.429. The Morgan fingerprint density at radius 1 is 1.32 bits per heavy atom. The zero-order valence-electron chi connectivity index (χ0n) is 16.2. The van der Waals surface area contributed by atoms with Crippen molar-refractivity contribution in [1.82, 2.24) is 10.7 Å². The molecule has 2 unspecified atom stereocenters. The van der Waals surface area contributed by atoms with Gasteiger partial charge in [0, 0.05) is 24.7 Å². The number of fused-ring (bicyclic) bond motifs is 3. The molecule has 1 aromatic carbocycles. The minimum Gasteiger partial charge on any atom is -0.483 e. The first-order valence-electron chi connectivity index (χ1n) is 9.89. The maximum Gasteiger partial charge on any atom is 0.262 e. The first kappa shape index (κ1) is 17.3. The standard InChI is InChI=1S/C21H25N5O2/c1-12-5-3-4-6-15(12)16-7-19-18(8-17(16)23-14-9-22-10-14)26-13(2)21(27)25-24-20(26)11-28-19/h3-5,7-8,13-15,22-23H,6,9-11H2,1-2H3,(H,25,27). The van der Waals surface area contributed by atoms with Crippen molar-refractivity contribution in [3.05, 3.63) is 41.5 Å². The third kappa shape index (κ3) is 2.77. The number of anilines is 2. The number of hydrazone groups is 1. The average molecular weight is 379 g/mol. The van der Waals surface area contributed by atoms with Crippen molar-refractivity contribution in [1.29, 1.82) is 0 Å². The van der Waals surface area contributed by atoms with E-state index in [-0.39, 0.29) is 11.9 Å². The van der Waals surface area contributed by atoms with Gasteiger partial charge in [0.05, 0.1) is 11.7 Å². The van der Waals surface area contributed by atoms with Gasteiger partial charge in [0.15, 0.2) is 5.84 Å². The smallest absolute Gasteiger partial charge is 0.262 e. The second-order valence-corrected chi connectivity index (χ2v) is 7.87. The highest BCUT2D eigenvalue weighted by Crippen LogP contribution is 2.44. The lowest BCUT2D eigenvalue weighted by Gasteiger charge is -2.39. The van der Waals surface area contributed by atoms with Crippen LogP contribution < -0.4 is 25.7 Å². The zero-order valence-corrected chi connectivity index (χ0v) is 16.2. The number of allylic oxidation sites excluding steroid dienone is 4. The Labute approximate surface area is 164 Å². The van der Waals surface area contributed by atoms with Crippen molar-refractivity contribution in [2.75, 3.05) is 29.9 Å². The first-order valence-corrected chi connectivity index (χ1v) is 9.89. The molecule has 3 aliphatic heterocycles. The fourth-order valence-electron chi connectivity index (χ4n) is 4.22. The molecule has 28 heavy (non-hydrogen) atoms. The molecule has 1 amide bonds. The quantitative estimate of drug-likeness (QED) is 0.750. The molecule has 3 N–H and O–H groups in total. The normalized spacial score (nSPS) is 26.2. The van der Waals surface area contributed by atoms with Crippen LogP contribution in [0.25, 0.3) is 0 Å². The van der Waals surface area contributed by atoms with Crippen LogP contribution in [-0.4, -0.2) is 43.5 Å². The molecule has 0 aromatic heterocycles. The third-order valence-electron chi connectivity index (χ3n) is 6.02. The summed E-state index contributed by atoms with van der Waals surface area (Å²) in [5.41, 5.74) is 7.19. The molecule has 7 heteroatoms. The summed E-state index contributed by atoms with van der Waals surface area (Å²) in [6.07, 6.45) is 7.51. The SMILES string of the molecule is CC1=CC=CCC1c1cc2c(cc1NC1CNC1)N1C(=NNC(=O)C1C)CO2. The van der Waals surface area contributed by atoms with E-state index in [0.29, 0.717) is 18.6 Å². The van der Waals surface area contributed by atoms with E-state index in [1.807, 2.05) is 11.8 Å². The van der Waals surface area contributed by atoms with E-state index in [4.69, 9.17) is 4.74 Å². The summed E-state index contributed by atoms with van der Waals surface area (Å²) >= 11 is 0. The molecule has 5 rings (SSSR count). The molecule has 4 aliphatic rings. The molecular weight excluding hydrogens is 354 g/mol. The van der Waals surface area contributed by atoms with Gasteiger partial charge in [-0.25, -0.2) is 5.43 Å². The van der Waals surface area contributed by atoms with Gasteiger partial charge < -0.3 is 20.3 Å². The number of carbonyl (C=O) groups is 1. The second kappa shape index (κ2) is 6.67. The highest BCUT2D eigenvalue weighted by atomic mass is 16.5. The summed E-state index contributed by atoms with van der Waals surface area (Å²) in [6, 6.07) is 4.39. The highest BCUT2D eigenvalue weighted by Gasteiger charge is 2.36. The number of hydrogen-bond acceptors (Lipinski definition) is 6. The van der Waals surface area contributed by atoms with Crippen LogP contribution in [0.4, 0.5) is 11.4 Å². The molecule has 1 aromatic rings. The molecule has 0 radical (unpaired) electrons. The minimum atomic E-state index is -0.321. The number of amidine groups is 1. The number of carbonyl (C=O) groups excluding carboxylic acids is 1. The molecule has 146 valence electrons. The topological polar surface area (TPSA) is 78.0 Å². The summed E-state index contributed by atoms with van der Waals surface area (Å²) in [5, 5.41) is 11.2. The van der Waals surface area contributed by atoms with Crippen LogP contribution in [-0.2, 0) is 4.79 Å². The van der Waals surface area contributed by atoms with Gasteiger partial charge in [-0.2, -0.15) is 5.10 Å². The number of rotatable bonds is 3. The fourth-order valence-corrected chi connectivity index (χ4v) is 4.22. The summed E-state index contributed by atoms with van der Waals surface area (Å²) in [7, 11) is 0. The van der Waals surface area contributed by atoms with Gasteiger partial charge in [-0.05, 0) is 38.0 Å². The minimum absolute atomic E-state index is 0.102. The number of benzene rings is 1. The molecule has 0 bridgehead atoms. The van der Waals surface area contributed by atoms with Gasteiger partial charge in [0.1, 0.15) is 18.4 Å². The summed E-state index contributed by atoms with van der Waals surface area (Å²) < 4.78 is 6.04.